The van der Waals surface area contributed by atoms with Crippen LogP contribution >= 0.6 is 11.6 Å². The van der Waals surface area contributed by atoms with Crippen molar-refractivity contribution < 1.29 is 4.79 Å². The molecule has 0 amide bonds. The number of nitrogens with one attached hydrogen (secondary N) is 1. The Labute approximate surface area is 119 Å². The van der Waals surface area contributed by atoms with Crippen molar-refractivity contribution in [2.24, 2.45) is 5.41 Å². The minimum atomic E-state index is -0.301. The van der Waals surface area contributed by atoms with Gasteiger partial charge < -0.3 is 5.32 Å². The molecule has 2 rings (SSSR count). The highest BCUT2D eigenvalue weighted by molar-refractivity contribution is 6.33. The number of aromatic nitrogens is 2. The number of carbonyl (C=O) groups is 1. The number of nitrogens with zero attached hydrogens (tertiary/aromatic N) is 2. The fraction of sp³-hybridized carbons (Fsp3) is 0.714. The molecule has 0 bridgehead atoms. The predicted molar refractivity (Wildman–Crippen MR) is 76.8 cm³/mol. The Balaban J connectivity index is 2.40. The van der Waals surface area contributed by atoms with Gasteiger partial charge in [-0.1, -0.05) is 24.9 Å². The van der Waals surface area contributed by atoms with E-state index in [9.17, 15) is 4.79 Å². The van der Waals surface area contributed by atoms with Gasteiger partial charge in [0, 0.05) is 18.0 Å². The molecule has 1 aromatic heterocycles. The molecular weight excluding hydrogens is 262 g/mol. The molecule has 4 nitrogen and oxygen atoms in total. The molecule has 1 aliphatic rings. The third-order valence-electron chi connectivity index (χ3n) is 3.91. The van der Waals surface area contributed by atoms with Crippen molar-refractivity contribution in [2.75, 3.05) is 13.1 Å². The molecule has 2 heterocycles. The van der Waals surface area contributed by atoms with Gasteiger partial charge in [-0.25, -0.2) is 0 Å². The standard InChI is InChI=1S/C14H22ClN3O/c1-4-5-14(6-7-16-9-14)13(19)12-11(15)8-17-18(12)10(2)3/h8,10,16H,4-7,9H2,1-3H3. The van der Waals surface area contributed by atoms with Crippen LogP contribution in [0.2, 0.25) is 5.02 Å². The predicted octanol–water partition coefficient (Wildman–Crippen LogP) is 3.08. The molecule has 1 atom stereocenters. The van der Waals surface area contributed by atoms with E-state index in [0.717, 1.165) is 32.4 Å². The largest absolute Gasteiger partial charge is 0.316 e. The van der Waals surface area contributed by atoms with Crippen LogP contribution in [0.15, 0.2) is 6.20 Å². The maximum Gasteiger partial charge on any atom is 0.189 e. The van der Waals surface area contributed by atoms with E-state index in [-0.39, 0.29) is 17.2 Å². The first-order valence-electron chi connectivity index (χ1n) is 7.00. The summed E-state index contributed by atoms with van der Waals surface area (Å²) in [6.07, 6.45) is 4.37. The number of ketones is 1. The summed E-state index contributed by atoms with van der Waals surface area (Å²) in [6, 6.07) is 0.138. The monoisotopic (exact) mass is 283 g/mol. The highest BCUT2D eigenvalue weighted by atomic mass is 35.5. The van der Waals surface area contributed by atoms with Gasteiger partial charge in [0.1, 0.15) is 5.69 Å². The number of hydrogen-bond donors (Lipinski definition) is 1. The summed E-state index contributed by atoms with van der Waals surface area (Å²) in [5, 5.41) is 8.03. The van der Waals surface area contributed by atoms with Crippen molar-refractivity contribution in [1.82, 2.24) is 15.1 Å². The van der Waals surface area contributed by atoms with Crippen LogP contribution in [0.5, 0.6) is 0 Å². The molecule has 0 saturated carbocycles. The van der Waals surface area contributed by atoms with Gasteiger partial charge in [0.15, 0.2) is 5.78 Å². The van der Waals surface area contributed by atoms with Gasteiger partial charge in [0.2, 0.25) is 0 Å². The quantitative estimate of drug-likeness (QED) is 0.845. The SMILES string of the molecule is CCCC1(C(=O)c2c(Cl)cnn2C(C)C)CCNC1. The highest BCUT2D eigenvalue weighted by Crippen LogP contribution is 2.37. The number of hydrogen-bond acceptors (Lipinski definition) is 3. The maximum absolute atomic E-state index is 13.0. The lowest BCUT2D eigenvalue weighted by Gasteiger charge is -2.27. The van der Waals surface area contributed by atoms with Crippen LogP contribution < -0.4 is 5.32 Å². The number of rotatable bonds is 5. The Bertz CT molecular complexity index is 461. The average Bonchev–Trinajstić information content (AvgIpc) is 2.96. The van der Waals surface area contributed by atoms with Crippen molar-refractivity contribution >= 4 is 17.4 Å². The van der Waals surface area contributed by atoms with E-state index in [1.165, 1.54) is 0 Å². The lowest BCUT2D eigenvalue weighted by Crippen LogP contribution is -2.35. The van der Waals surface area contributed by atoms with E-state index in [2.05, 4.69) is 17.3 Å². The second-order valence-electron chi connectivity index (χ2n) is 5.67. The minimum absolute atomic E-state index is 0.138. The molecule has 1 unspecified atom stereocenters. The lowest BCUT2D eigenvalue weighted by atomic mass is 9.77. The Morgan fingerprint density at radius 3 is 2.89 bits per heavy atom. The zero-order valence-corrected chi connectivity index (χ0v) is 12.6. The highest BCUT2D eigenvalue weighted by Gasteiger charge is 2.42. The summed E-state index contributed by atoms with van der Waals surface area (Å²) < 4.78 is 1.75. The molecule has 1 aromatic rings. The average molecular weight is 284 g/mol. The topological polar surface area (TPSA) is 46.9 Å². The summed E-state index contributed by atoms with van der Waals surface area (Å²) in [5.41, 5.74) is 0.277. The summed E-state index contributed by atoms with van der Waals surface area (Å²) in [7, 11) is 0. The lowest BCUT2D eigenvalue weighted by molar-refractivity contribution is 0.0788. The summed E-state index contributed by atoms with van der Waals surface area (Å²) in [5.74, 6) is 0.149. The zero-order valence-electron chi connectivity index (χ0n) is 11.9. The van der Waals surface area contributed by atoms with Gasteiger partial charge in [-0.3, -0.25) is 9.48 Å². The fourth-order valence-electron chi connectivity index (χ4n) is 2.94. The van der Waals surface area contributed by atoms with Crippen LogP contribution in [0, 0.1) is 5.41 Å². The van der Waals surface area contributed by atoms with Crippen molar-refractivity contribution in [1.29, 1.82) is 0 Å². The van der Waals surface area contributed by atoms with Crippen LogP contribution in [-0.2, 0) is 0 Å². The van der Waals surface area contributed by atoms with Crippen LogP contribution in [0.1, 0.15) is 56.6 Å². The number of carbonyl (C=O) groups excluding carboxylic acids is 1. The summed E-state index contributed by atoms with van der Waals surface area (Å²) >= 11 is 6.20. The number of Topliss-reactive ketones (excluding diaryl/α,β-unsaturated/α-hetero) is 1. The van der Waals surface area contributed by atoms with E-state index < -0.39 is 0 Å². The molecule has 1 fully saturated rings. The van der Waals surface area contributed by atoms with Gasteiger partial charge in [-0.15, -0.1) is 0 Å². The molecule has 19 heavy (non-hydrogen) atoms. The van der Waals surface area contributed by atoms with Crippen LogP contribution in [0.3, 0.4) is 0 Å². The van der Waals surface area contributed by atoms with Gasteiger partial charge >= 0.3 is 0 Å². The molecule has 0 radical (unpaired) electrons. The molecule has 1 N–H and O–H groups in total. The Morgan fingerprint density at radius 2 is 2.37 bits per heavy atom. The van der Waals surface area contributed by atoms with Gasteiger partial charge in [-0.05, 0) is 33.2 Å². The Morgan fingerprint density at radius 1 is 1.63 bits per heavy atom. The van der Waals surface area contributed by atoms with Gasteiger partial charge in [-0.2, -0.15) is 5.10 Å². The normalized spacial score (nSPS) is 23.2. The fourth-order valence-corrected chi connectivity index (χ4v) is 3.16. The first kappa shape index (κ1) is 14.5. The van der Waals surface area contributed by atoms with Gasteiger partial charge in [0.05, 0.1) is 11.2 Å². The van der Waals surface area contributed by atoms with E-state index in [1.54, 1.807) is 10.9 Å². The molecule has 1 aliphatic heterocycles. The van der Waals surface area contributed by atoms with Crippen LogP contribution in [0.4, 0.5) is 0 Å². The van der Waals surface area contributed by atoms with Gasteiger partial charge in [0.25, 0.3) is 0 Å². The first-order valence-corrected chi connectivity index (χ1v) is 7.38. The van der Waals surface area contributed by atoms with Crippen molar-refractivity contribution in [3.05, 3.63) is 16.9 Å². The van der Waals surface area contributed by atoms with Crippen LogP contribution in [-0.4, -0.2) is 28.7 Å². The maximum atomic E-state index is 13.0. The third-order valence-corrected chi connectivity index (χ3v) is 4.19. The van der Waals surface area contributed by atoms with E-state index in [4.69, 9.17) is 11.6 Å². The molecule has 0 aromatic carbocycles. The second kappa shape index (κ2) is 5.63. The molecule has 106 valence electrons. The van der Waals surface area contributed by atoms with Crippen molar-refractivity contribution in [2.45, 2.75) is 46.1 Å². The van der Waals surface area contributed by atoms with Crippen molar-refractivity contribution in [3.8, 4) is 0 Å². The van der Waals surface area contributed by atoms with Crippen molar-refractivity contribution in [3.63, 3.8) is 0 Å². The zero-order chi connectivity index (χ0) is 14.0. The Kier molecular flexibility index (Phi) is 4.31. The Hall–Kier alpha value is -0.870. The van der Waals surface area contributed by atoms with Crippen LogP contribution in [0.25, 0.3) is 0 Å². The summed E-state index contributed by atoms with van der Waals surface area (Å²) in [6.45, 7) is 7.80. The molecule has 0 aliphatic carbocycles. The smallest absolute Gasteiger partial charge is 0.189 e. The third kappa shape index (κ3) is 2.56. The molecular formula is C14H22ClN3O. The number of halogens is 1. The van der Waals surface area contributed by atoms with E-state index >= 15 is 0 Å². The first-order chi connectivity index (χ1) is 9.02. The summed E-state index contributed by atoms with van der Waals surface area (Å²) in [4.78, 5) is 13.0. The minimum Gasteiger partial charge on any atom is -0.316 e. The molecule has 5 heteroatoms. The van der Waals surface area contributed by atoms with E-state index in [0.29, 0.717) is 10.7 Å². The molecule has 1 saturated heterocycles. The second-order valence-corrected chi connectivity index (χ2v) is 6.07. The molecule has 0 spiro atoms. The van der Waals surface area contributed by atoms with E-state index in [1.807, 2.05) is 13.8 Å².